The SMILES string of the molecule is COc1ccc(CN(Cc2ccc(OC)cc2)c2nc(C)nc(-c3cc(C(C)N4CCN(C(=O)OC(C)(C)C)C[C@H]4C)cnc3F)n2)cc1. The van der Waals surface area contributed by atoms with Gasteiger partial charge in [-0.1, -0.05) is 24.3 Å². The van der Waals surface area contributed by atoms with Gasteiger partial charge in [0.25, 0.3) is 0 Å². The Balaban J connectivity index is 1.42. The van der Waals surface area contributed by atoms with E-state index in [0.29, 0.717) is 44.5 Å². The van der Waals surface area contributed by atoms with Crippen molar-refractivity contribution in [3.63, 3.8) is 0 Å². The Morgan fingerprint density at radius 2 is 1.55 bits per heavy atom. The van der Waals surface area contributed by atoms with E-state index in [1.165, 1.54) is 0 Å². The molecule has 0 spiro atoms. The lowest BCUT2D eigenvalue weighted by Crippen LogP contribution is -2.54. The summed E-state index contributed by atoms with van der Waals surface area (Å²) in [7, 11) is 3.27. The van der Waals surface area contributed by atoms with Crippen LogP contribution in [0.4, 0.5) is 15.1 Å². The zero-order valence-electron chi connectivity index (χ0n) is 29.6. The van der Waals surface area contributed by atoms with Gasteiger partial charge in [-0.25, -0.2) is 14.8 Å². The topological polar surface area (TPSA) is 106 Å². The van der Waals surface area contributed by atoms with Crippen LogP contribution in [-0.2, 0) is 17.8 Å². The van der Waals surface area contributed by atoms with Gasteiger partial charge in [-0.05, 0) is 88.6 Å². The van der Waals surface area contributed by atoms with E-state index in [2.05, 4.69) is 28.7 Å². The van der Waals surface area contributed by atoms with Crippen LogP contribution in [0.2, 0.25) is 0 Å². The van der Waals surface area contributed by atoms with Crippen LogP contribution in [0.1, 0.15) is 63.2 Å². The molecule has 2 atom stereocenters. The average molecular weight is 672 g/mol. The van der Waals surface area contributed by atoms with Gasteiger partial charge >= 0.3 is 6.09 Å². The highest BCUT2D eigenvalue weighted by Gasteiger charge is 2.33. The van der Waals surface area contributed by atoms with Crippen molar-refractivity contribution in [2.24, 2.45) is 0 Å². The van der Waals surface area contributed by atoms with Gasteiger partial charge in [0.05, 0.1) is 19.8 Å². The molecular weight excluding hydrogens is 625 g/mol. The van der Waals surface area contributed by atoms with Crippen molar-refractivity contribution in [2.75, 3.05) is 38.8 Å². The third-order valence-corrected chi connectivity index (χ3v) is 8.49. The second-order valence-electron chi connectivity index (χ2n) is 13.4. The van der Waals surface area contributed by atoms with Crippen molar-refractivity contribution >= 4 is 12.0 Å². The number of piperazine rings is 1. The van der Waals surface area contributed by atoms with Crippen LogP contribution in [-0.4, -0.2) is 81.3 Å². The van der Waals surface area contributed by atoms with Gasteiger partial charge in [-0.2, -0.15) is 14.4 Å². The maximum absolute atomic E-state index is 15.5. The first kappa shape index (κ1) is 35.5. The number of aromatic nitrogens is 4. The molecule has 4 aromatic rings. The van der Waals surface area contributed by atoms with Crippen molar-refractivity contribution in [3.05, 3.63) is 89.3 Å². The number of benzene rings is 2. The lowest BCUT2D eigenvalue weighted by Gasteiger charge is -2.43. The first-order valence-corrected chi connectivity index (χ1v) is 16.5. The van der Waals surface area contributed by atoms with Crippen LogP contribution >= 0.6 is 0 Å². The number of methoxy groups -OCH3 is 2. The first-order valence-electron chi connectivity index (χ1n) is 16.5. The van der Waals surface area contributed by atoms with E-state index < -0.39 is 11.5 Å². The average Bonchev–Trinajstić information content (AvgIpc) is 3.07. The maximum Gasteiger partial charge on any atom is 0.410 e. The number of carbonyl (C=O) groups excluding carboxylic acids is 1. The van der Waals surface area contributed by atoms with E-state index in [1.807, 2.05) is 74.2 Å². The molecule has 49 heavy (non-hydrogen) atoms. The van der Waals surface area contributed by atoms with E-state index in [1.54, 1.807) is 38.3 Å². The van der Waals surface area contributed by atoms with E-state index in [0.717, 1.165) is 28.2 Å². The summed E-state index contributed by atoms with van der Waals surface area (Å²) in [6.07, 6.45) is 1.25. The third kappa shape index (κ3) is 9.00. The fourth-order valence-electron chi connectivity index (χ4n) is 5.91. The number of hydrogen-bond acceptors (Lipinski definition) is 10. The molecule has 0 N–H and O–H groups in total. The monoisotopic (exact) mass is 671 g/mol. The summed E-state index contributed by atoms with van der Waals surface area (Å²) < 4.78 is 31.8. The molecule has 0 bridgehead atoms. The third-order valence-electron chi connectivity index (χ3n) is 8.49. The molecule has 11 nitrogen and oxygen atoms in total. The molecule has 1 saturated heterocycles. The van der Waals surface area contributed by atoms with Crippen molar-refractivity contribution in [2.45, 2.75) is 72.3 Å². The molecule has 2 aromatic heterocycles. The molecule has 1 fully saturated rings. The van der Waals surface area contributed by atoms with E-state index in [9.17, 15) is 4.79 Å². The van der Waals surface area contributed by atoms with E-state index in [4.69, 9.17) is 24.2 Å². The molecule has 1 aliphatic heterocycles. The lowest BCUT2D eigenvalue weighted by molar-refractivity contribution is -0.000750. The molecule has 5 rings (SSSR count). The standard InChI is InChI=1S/C37H46FN7O4/c1-24-21-43(36(46)49-37(4,5)6)17-18-45(24)25(2)29-19-32(33(38)39-20-29)34-40-26(3)41-35(42-34)44(22-27-9-13-30(47-7)14-10-27)23-28-11-15-31(48-8)16-12-28/h9-16,19-20,24-25H,17-18,21-23H2,1-8H3/t24-,25?/m1/s1. The van der Waals surface area contributed by atoms with Gasteiger partial charge < -0.3 is 24.0 Å². The van der Waals surface area contributed by atoms with Crippen molar-refractivity contribution in [3.8, 4) is 22.9 Å². The molecule has 260 valence electrons. The minimum absolute atomic E-state index is 0.0419. The Hall–Kier alpha value is -4.84. The molecular formula is C37H46FN7O4. The molecule has 3 heterocycles. The molecule has 0 radical (unpaired) electrons. The Bertz CT molecular complexity index is 1680. The highest BCUT2D eigenvalue weighted by atomic mass is 19.1. The predicted octanol–water partition coefficient (Wildman–Crippen LogP) is 6.61. The largest absolute Gasteiger partial charge is 0.497 e. The van der Waals surface area contributed by atoms with Gasteiger partial charge in [-0.15, -0.1) is 0 Å². The van der Waals surface area contributed by atoms with E-state index >= 15 is 4.39 Å². The number of aryl methyl sites for hydroxylation is 1. The predicted molar refractivity (Wildman–Crippen MR) is 186 cm³/mol. The summed E-state index contributed by atoms with van der Waals surface area (Å²) in [6.45, 7) is 14.2. The Labute approximate surface area is 288 Å². The summed E-state index contributed by atoms with van der Waals surface area (Å²) in [4.78, 5) is 37.0. The maximum atomic E-state index is 15.5. The van der Waals surface area contributed by atoms with Crippen molar-refractivity contribution in [1.29, 1.82) is 0 Å². The smallest absolute Gasteiger partial charge is 0.410 e. The Morgan fingerprint density at radius 3 is 2.08 bits per heavy atom. The zero-order chi connectivity index (χ0) is 35.3. The summed E-state index contributed by atoms with van der Waals surface area (Å²) in [5.41, 5.74) is 2.51. The Morgan fingerprint density at radius 1 is 0.959 bits per heavy atom. The molecule has 0 saturated carbocycles. The number of rotatable bonds is 10. The number of ether oxygens (including phenoxy) is 3. The summed E-state index contributed by atoms with van der Waals surface area (Å²) in [5, 5.41) is 0. The number of pyridine rings is 1. The fourth-order valence-corrected chi connectivity index (χ4v) is 5.91. The summed E-state index contributed by atoms with van der Waals surface area (Å²) >= 11 is 0. The molecule has 2 aromatic carbocycles. The van der Waals surface area contributed by atoms with Gasteiger partial charge in [0.15, 0.2) is 5.82 Å². The van der Waals surface area contributed by atoms with Crippen LogP contribution in [0.3, 0.4) is 0 Å². The quantitative estimate of drug-likeness (QED) is 0.171. The number of halogens is 1. The van der Waals surface area contributed by atoms with Crippen LogP contribution in [0.25, 0.3) is 11.4 Å². The van der Waals surface area contributed by atoms with Gasteiger partial charge in [0, 0.05) is 51.0 Å². The normalized spacial score (nSPS) is 15.9. The van der Waals surface area contributed by atoms with Crippen LogP contribution in [0, 0.1) is 12.9 Å². The molecule has 1 aliphatic rings. The highest BCUT2D eigenvalue weighted by molar-refractivity contribution is 5.68. The summed E-state index contributed by atoms with van der Waals surface area (Å²) in [5.74, 6) is 1.95. The first-order chi connectivity index (χ1) is 23.3. The number of carbonyl (C=O) groups is 1. The van der Waals surface area contributed by atoms with Crippen LogP contribution < -0.4 is 14.4 Å². The minimum Gasteiger partial charge on any atom is -0.497 e. The van der Waals surface area contributed by atoms with Crippen LogP contribution in [0.15, 0.2) is 60.8 Å². The Kier molecular flexibility index (Phi) is 11.0. The minimum atomic E-state index is -0.660. The summed E-state index contributed by atoms with van der Waals surface area (Å²) in [6, 6.07) is 17.4. The molecule has 0 aliphatic carbocycles. The van der Waals surface area contributed by atoms with Crippen molar-refractivity contribution < 1.29 is 23.4 Å². The highest BCUT2D eigenvalue weighted by Crippen LogP contribution is 2.30. The van der Waals surface area contributed by atoms with E-state index in [-0.39, 0.29) is 29.6 Å². The molecule has 1 amide bonds. The van der Waals surface area contributed by atoms with Crippen molar-refractivity contribution in [1.82, 2.24) is 29.7 Å². The number of hydrogen-bond donors (Lipinski definition) is 0. The number of anilines is 1. The van der Waals surface area contributed by atoms with Crippen LogP contribution in [0.5, 0.6) is 11.5 Å². The lowest BCUT2D eigenvalue weighted by atomic mass is 10.0. The van der Waals surface area contributed by atoms with Gasteiger partial charge in [0.1, 0.15) is 22.9 Å². The second kappa shape index (κ2) is 15.1. The zero-order valence-corrected chi connectivity index (χ0v) is 29.6. The number of amides is 1. The fraction of sp³-hybridized carbons (Fsp3) is 0.432. The molecule has 12 heteroatoms. The molecule has 1 unspecified atom stereocenters. The number of nitrogens with zero attached hydrogens (tertiary/aromatic N) is 7. The van der Waals surface area contributed by atoms with Gasteiger partial charge in [0.2, 0.25) is 11.9 Å². The van der Waals surface area contributed by atoms with Gasteiger partial charge in [-0.3, -0.25) is 4.90 Å². The second-order valence-corrected chi connectivity index (χ2v) is 13.4.